The molecule has 1 aliphatic heterocycles. The predicted octanol–water partition coefficient (Wildman–Crippen LogP) is 5.29. The minimum absolute atomic E-state index is 0.0456. The lowest BCUT2D eigenvalue weighted by molar-refractivity contribution is -0.116. The van der Waals surface area contributed by atoms with Crippen LogP contribution in [0.5, 0.6) is 5.75 Å². The fourth-order valence-corrected chi connectivity index (χ4v) is 4.88. The van der Waals surface area contributed by atoms with E-state index in [9.17, 15) is 9.59 Å². The maximum Gasteiger partial charge on any atom is 0.255 e. The van der Waals surface area contributed by atoms with E-state index in [0.717, 1.165) is 64.9 Å². The molecule has 2 aliphatic rings. The fraction of sp³-hybridized carbons (Fsp3) is 0.321. The number of anilines is 1. The Morgan fingerprint density at radius 1 is 1.23 bits per heavy atom. The van der Waals surface area contributed by atoms with Gasteiger partial charge in [-0.05, 0) is 63.8 Å². The number of furan rings is 1. The van der Waals surface area contributed by atoms with E-state index >= 15 is 0 Å². The molecule has 0 saturated carbocycles. The summed E-state index contributed by atoms with van der Waals surface area (Å²) in [5.41, 5.74) is 5.41. The fourth-order valence-electron chi connectivity index (χ4n) is 4.88. The summed E-state index contributed by atoms with van der Waals surface area (Å²) >= 11 is 0. The van der Waals surface area contributed by atoms with Crippen molar-refractivity contribution < 1.29 is 18.7 Å². The number of hydrogen-bond acceptors (Lipinski definition) is 5. The summed E-state index contributed by atoms with van der Waals surface area (Å²) in [5, 5.41) is 9.50. The van der Waals surface area contributed by atoms with Crippen LogP contribution in [0.4, 0.5) is 5.69 Å². The van der Waals surface area contributed by atoms with Gasteiger partial charge in [-0.1, -0.05) is 18.2 Å². The Bertz CT molecular complexity index is 1370. The molecule has 7 heteroatoms. The minimum Gasteiger partial charge on any atom is -0.493 e. The summed E-state index contributed by atoms with van der Waals surface area (Å²) in [6, 6.07) is 11.3. The van der Waals surface area contributed by atoms with Crippen LogP contribution in [0.1, 0.15) is 55.6 Å². The second-order valence-corrected chi connectivity index (χ2v) is 8.98. The molecule has 1 N–H and O–H groups in total. The van der Waals surface area contributed by atoms with E-state index in [4.69, 9.17) is 9.15 Å². The van der Waals surface area contributed by atoms with Gasteiger partial charge in [-0.3, -0.25) is 9.59 Å². The SMILES string of the molecule is CCOc1c(/C(C)=C/C(=O)NC2=NN(c3ccccc3)C(=O)C2)cc2c3c(oc2c1C)CCCC3. The van der Waals surface area contributed by atoms with E-state index in [0.29, 0.717) is 18.1 Å². The van der Waals surface area contributed by atoms with Gasteiger partial charge in [0.05, 0.1) is 18.7 Å². The van der Waals surface area contributed by atoms with Gasteiger partial charge in [0.25, 0.3) is 5.91 Å². The topological polar surface area (TPSA) is 84.1 Å². The lowest BCUT2D eigenvalue weighted by Crippen LogP contribution is -2.28. The van der Waals surface area contributed by atoms with Gasteiger partial charge in [0.15, 0.2) is 0 Å². The normalized spacial score (nSPS) is 15.9. The molecule has 0 atom stereocenters. The summed E-state index contributed by atoms with van der Waals surface area (Å²) in [7, 11) is 0. The number of aryl methyl sites for hydroxylation is 3. The van der Waals surface area contributed by atoms with Gasteiger partial charge in [0.1, 0.15) is 22.9 Å². The number of benzene rings is 2. The van der Waals surface area contributed by atoms with Crippen molar-refractivity contribution in [3.05, 3.63) is 64.9 Å². The van der Waals surface area contributed by atoms with Crippen molar-refractivity contribution in [1.29, 1.82) is 0 Å². The predicted molar refractivity (Wildman–Crippen MR) is 137 cm³/mol. The molecule has 5 rings (SSSR count). The van der Waals surface area contributed by atoms with Crippen molar-refractivity contribution in [2.75, 3.05) is 11.6 Å². The van der Waals surface area contributed by atoms with Gasteiger partial charge in [-0.25, -0.2) is 0 Å². The number of carbonyl (C=O) groups excluding carboxylic acids is 2. The second kappa shape index (κ2) is 9.41. The molecule has 7 nitrogen and oxygen atoms in total. The summed E-state index contributed by atoms with van der Waals surface area (Å²) in [6.07, 6.45) is 5.84. The highest BCUT2D eigenvalue weighted by atomic mass is 16.5. The molecule has 2 heterocycles. The Hall–Kier alpha value is -3.87. The molecule has 2 amide bonds. The van der Waals surface area contributed by atoms with Crippen LogP contribution >= 0.6 is 0 Å². The van der Waals surface area contributed by atoms with Crippen LogP contribution in [0.3, 0.4) is 0 Å². The number of hydrogen-bond donors (Lipinski definition) is 1. The third kappa shape index (κ3) is 4.34. The van der Waals surface area contributed by atoms with Crippen LogP contribution < -0.4 is 15.1 Å². The Labute approximate surface area is 204 Å². The lowest BCUT2D eigenvalue weighted by atomic mass is 9.93. The molecule has 1 aromatic heterocycles. The Kier molecular flexibility index (Phi) is 6.16. The molecule has 0 radical (unpaired) electrons. The Morgan fingerprint density at radius 2 is 2.00 bits per heavy atom. The second-order valence-electron chi connectivity index (χ2n) is 8.98. The van der Waals surface area contributed by atoms with Crippen molar-refractivity contribution in [2.24, 2.45) is 5.10 Å². The van der Waals surface area contributed by atoms with E-state index in [1.807, 2.05) is 39.0 Å². The number of nitrogens with zero attached hydrogens (tertiary/aromatic N) is 2. The zero-order valence-corrected chi connectivity index (χ0v) is 20.3. The van der Waals surface area contributed by atoms with Crippen molar-refractivity contribution in [2.45, 2.75) is 52.9 Å². The van der Waals surface area contributed by atoms with Gasteiger partial charge in [0.2, 0.25) is 5.91 Å². The highest BCUT2D eigenvalue weighted by molar-refractivity contribution is 6.17. The molecule has 180 valence electrons. The van der Waals surface area contributed by atoms with E-state index in [1.54, 1.807) is 12.1 Å². The zero-order valence-electron chi connectivity index (χ0n) is 20.3. The summed E-state index contributed by atoms with van der Waals surface area (Å²) in [4.78, 5) is 25.3. The molecule has 0 spiro atoms. The van der Waals surface area contributed by atoms with E-state index < -0.39 is 0 Å². The van der Waals surface area contributed by atoms with Crippen LogP contribution in [0, 0.1) is 6.92 Å². The van der Waals surface area contributed by atoms with Crippen molar-refractivity contribution in [3.8, 4) is 5.75 Å². The molecular formula is C28H29N3O4. The lowest BCUT2D eigenvalue weighted by Gasteiger charge is -2.15. The van der Waals surface area contributed by atoms with Crippen LogP contribution in [-0.2, 0) is 22.4 Å². The van der Waals surface area contributed by atoms with E-state index in [-0.39, 0.29) is 18.2 Å². The molecule has 2 aromatic carbocycles. The van der Waals surface area contributed by atoms with Crippen LogP contribution in [0.2, 0.25) is 0 Å². The molecule has 0 fully saturated rings. The number of fused-ring (bicyclic) bond motifs is 3. The zero-order chi connectivity index (χ0) is 24.5. The van der Waals surface area contributed by atoms with Crippen LogP contribution in [0.15, 0.2) is 52.0 Å². The number of amidine groups is 1. The number of allylic oxidation sites excluding steroid dienone is 1. The monoisotopic (exact) mass is 471 g/mol. The Morgan fingerprint density at radius 3 is 2.77 bits per heavy atom. The first-order valence-corrected chi connectivity index (χ1v) is 12.1. The first-order valence-electron chi connectivity index (χ1n) is 12.1. The average Bonchev–Trinajstić information content (AvgIpc) is 3.41. The van der Waals surface area contributed by atoms with Gasteiger partial charge in [0, 0.05) is 34.6 Å². The number of ether oxygens (including phenoxy) is 1. The number of hydrazone groups is 1. The number of rotatable bonds is 5. The van der Waals surface area contributed by atoms with Gasteiger partial charge < -0.3 is 14.5 Å². The Balaban J connectivity index is 1.44. The highest BCUT2D eigenvalue weighted by Gasteiger charge is 2.27. The molecule has 1 aliphatic carbocycles. The number of amides is 2. The molecule has 35 heavy (non-hydrogen) atoms. The molecular weight excluding hydrogens is 442 g/mol. The van der Waals surface area contributed by atoms with Crippen molar-refractivity contribution in [1.82, 2.24) is 5.32 Å². The average molecular weight is 472 g/mol. The molecule has 0 saturated heterocycles. The van der Waals surface area contributed by atoms with Crippen LogP contribution in [0.25, 0.3) is 16.5 Å². The van der Waals surface area contributed by atoms with Crippen molar-refractivity contribution in [3.63, 3.8) is 0 Å². The van der Waals surface area contributed by atoms with Gasteiger partial charge >= 0.3 is 0 Å². The smallest absolute Gasteiger partial charge is 0.255 e. The minimum atomic E-state index is -0.335. The third-order valence-corrected chi connectivity index (χ3v) is 6.53. The number of carbonyl (C=O) groups is 2. The maximum absolute atomic E-state index is 12.9. The standard InChI is InChI=1S/C28H29N3O4/c1-4-34-27-18(3)28-22(20-12-8-9-13-23(20)35-28)15-21(27)17(2)14-25(32)29-24-16-26(33)31(30-24)19-10-6-5-7-11-19/h5-7,10-11,14-15H,4,8-9,12-13,16H2,1-3H3,(H,29,30,32)/b17-14+. The highest BCUT2D eigenvalue weighted by Crippen LogP contribution is 2.41. The maximum atomic E-state index is 12.9. The molecule has 3 aromatic rings. The molecule has 0 bridgehead atoms. The first-order chi connectivity index (χ1) is 17.0. The van der Waals surface area contributed by atoms with Crippen molar-refractivity contribution >= 4 is 39.9 Å². The van der Waals surface area contributed by atoms with Gasteiger partial charge in [-0.15, -0.1) is 0 Å². The van der Waals surface area contributed by atoms with E-state index in [2.05, 4.69) is 16.5 Å². The van der Waals surface area contributed by atoms with Crippen LogP contribution in [-0.4, -0.2) is 24.3 Å². The molecule has 0 unspecified atom stereocenters. The summed E-state index contributed by atoms with van der Waals surface area (Å²) in [5.74, 6) is 1.61. The quantitative estimate of drug-likeness (QED) is 0.513. The third-order valence-electron chi connectivity index (χ3n) is 6.53. The summed E-state index contributed by atoms with van der Waals surface area (Å²) < 4.78 is 12.3. The number of para-hydroxylation sites is 1. The van der Waals surface area contributed by atoms with Gasteiger partial charge in [-0.2, -0.15) is 10.1 Å². The number of nitrogens with one attached hydrogen (secondary N) is 1. The largest absolute Gasteiger partial charge is 0.493 e. The van der Waals surface area contributed by atoms with E-state index in [1.165, 1.54) is 16.6 Å². The first kappa shape index (κ1) is 22.9. The summed E-state index contributed by atoms with van der Waals surface area (Å²) in [6.45, 7) is 6.36.